The summed E-state index contributed by atoms with van der Waals surface area (Å²) in [4.78, 5) is 39.2. The van der Waals surface area contributed by atoms with Gasteiger partial charge in [0.05, 0.1) is 4.92 Å². The zero-order valence-electron chi connectivity index (χ0n) is 17.3. The second-order valence-corrected chi connectivity index (χ2v) is 6.92. The summed E-state index contributed by atoms with van der Waals surface area (Å²) in [6, 6.07) is 12.4. The zero-order chi connectivity index (χ0) is 23.3. The third kappa shape index (κ3) is 5.57. The van der Waals surface area contributed by atoms with E-state index in [1.807, 2.05) is 32.0 Å². The van der Waals surface area contributed by atoms with E-state index in [0.717, 1.165) is 11.1 Å². The Morgan fingerprint density at radius 2 is 1.91 bits per heavy atom. The van der Waals surface area contributed by atoms with Crippen molar-refractivity contribution in [3.8, 4) is 11.6 Å². The van der Waals surface area contributed by atoms with Crippen molar-refractivity contribution in [2.75, 3.05) is 11.9 Å². The van der Waals surface area contributed by atoms with Crippen LogP contribution in [0.3, 0.4) is 0 Å². The number of hydrogen-bond donors (Lipinski definition) is 3. The number of aromatic hydroxyl groups is 1. The molecule has 3 rings (SSSR count). The van der Waals surface area contributed by atoms with Crippen molar-refractivity contribution in [1.82, 2.24) is 9.97 Å². The average molecular weight is 436 g/mol. The number of ether oxygens (including phenoxy) is 1. The Balaban J connectivity index is 1.58. The van der Waals surface area contributed by atoms with Crippen molar-refractivity contribution in [3.05, 3.63) is 85.4 Å². The van der Waals surface area contributed by atoms with Crippen LogP contribution in [0.5, 0.6) is 11.6 Å². The number of aromatic nitrogens is 2. The van der Waals surface area contributed by atoms with Crippen LogP contribution in [0.15, 0.2) is 47.3 Å². The molecule has 32 heavy (non-hydrogen) atoms. The van der Waals surface area contributed by atoms with Gasteiger partial charge in [0.15, 0.2) is 6.61 Å². The highest BCUT2D eigenvalue weighted by atomic mass is 16.6. The summed E-state index contributed by atoms with van der Waals surface area (Å²) < 4.78 is 5.49. The first kappa shape index (κ1) is 22.2. The van der Waals surface area contributed by atoms with E-state index in [2.05, 4.69) is 15.3 Å². The SMILES string of the molecule is Cc1ccc(NC(=O)COc2ccc(/C=C/c3nc(O)c([N+](=O)[O-])c(=O)[nH]3)cc2)cc1C. The number of benzene rings is 2. The molecular weight excluding hydrogens is 416 g/mol. The molecule has 10 nitrogen and oxygen atoms in total. The van der Waals surface area contributed by atoms with E-state index in [9.17, 15) is 24.8 Å². The van der Waals surface area contributed by atoms with Crippen LogP contribution in [0.2, 0.25) is 0 Å². The molecule has 3 aromatic rings. The molecule has 0 saturated carbocycles. The molecule has 0 aliphatic rings. The molecule has 0 radical (unpaired) electrons. The Hall–Kier alpha value is -4.47. The lowest BCUT2D eigenvalue weighted by Gasteiger charge is -2.09. The minimum absolute atomic E-state index is 0.0403. The van der Waals surface area contributed by atoms with Crippen molar-refractivity contribution in [1.29, 1.82) is 0 Å². The molecule has 1 aromatic heterocycles. The van der Waals surface area contributed by atoms with Crippen LogP contribution in [0.4, 0.5) is 11.4 Å². The molecule has 10 heteroatoms. The minimum atomic E-state index is -1.05. The van der Waals surface area contributed by atoms with Crippen molar-refractivity contribution >= 4 is 29.4 Å². The van der Waals surface area contributed by atoms with Crippen LogP contribution >= 0.6 is 0 Å². The van der Waals surface area contributed by atoms with Crippen molar-refractivity contribution < 1.29 is 19.6 Å². The summed E-state index contributed by atoms with van der Waals surface area (Å²) >= 11 is 0. The van der Waals surface area contributed by atoms with Gasteiger partial charge in [0.2, 0.25) is 0 Å². The van der Waals surface area contributed by atoms with Gasteiger partial charge in [-0.2, -0.15) is 4.98 Å². The second-order valence-electron chi connectivity index (χ2n) is 6.92. The van der Waals surface area contributed by atoms with Crippen LogP contribution in [0, 0.1) is 24.0 Å². The number of nitrogens with zero attached hydrogens (tertiary/aromatic N) is 2. The van der Waals surface area contributed by atoms with Gasteiger partial charge in [0, 0.05) is 5.69 Å². The first-order valence-electron chi connectivity index (χ1n) is 9.48. The molecule has 3 N–H and O–H groups in total. The molecule has 0 fully saturated rings. The summed E-state index contributed by atoms with van der Waals surface area (Å²) in [5, 5.41) is 23.0. The van der Waals surface area contributed by atoms with Crippen LogP contribution in [-0.4, -0.2) is 32.5 Å². The molecular formula is C22H20N4O6. The van der Waals surface area contributed by atoms with Crippen LogP contribution < -0.4 is 15.6 Å². The van der Waals surface area contributed by atoms with E-state index in [-0.39, 0.29) is 18.3 Å². The summed E-state index contributed by atoms with van der Waals surface area (Å²) in [7, 11) is 0. The van der Waals surface area contributed by atoms with Gasteiger partial charge in [-0.05, 0) is 60.9 Å². The van der Waals surface area contributed by atoms with Crippen molar-refractivity contribution in [3.63, 3.8) is 0 Å². The number of H-pyrrole nitrogens is 1. The van der Waals surface area contributed by atoms with Gasteiger partial charge in [0.1, 0.15) is 11.6 Å². The number of rotatable bonds is 7. The van der Waals surface area contributed by atoms with E-state index >= 15 is 0 Å². The average Bonchev–Trinajstić information content (AvgIpc) is 2.73. The Morgan fingerprint density at radius 1 is 1.19 bits per heavy atom. The lowest BCUT2D eigenvalue weighted by molar-refractivity contribution is -0.387. The van der Waals surface area contributed by atoms with Gasteiger partial charge in [-0.25, -0.2) is 0 Å². The molecule has 1 heterocycles. The van der Waals surface area contributed by atoms with E-state index in [0.29, 0.717) is 17.0 Å². The molecule has 0 unspecified atom stereocenters. The molecule has 2 aromatic carbocycles. The summed E-state index contributed by atoms with van der Waals surface area (Å²) in [6.45, 7) is 3.80. The Kier molecular flexibility index (Phi) is 6.64. The molecule has 0 saturated heterocycles. The lowest BCUT2D eigenvalue weighted by Crippen LogP contribution is -2.20. The monoisotopic (exact) mass is 436 g/mol. The van der Waals surface area contributed by atoms with E-state index < -0.39 is 22.0 Å². The summed E-state index contributed by atoms with van der Waals surface area (Å²) in [5.41, 5.74) is 1.56. The van der Waals surface area contributed by atoms with Gasteiger partial charge in [0.25, 0.3) is 11.8 Å². The standard InChI is InChI=1S/C22H20N4O6/c1-13-3-7-16(11-14(13)2)23-19(27)12-32-17-8-4-15(5-9-17)6-10-18-24-21(28)20(26(30)31)22(29)25-18/h3-11H,12H2,1-2H3,(H,23,27)(H2,24,25,28,29)/b10-6+. The van der Waals surface area contributed by atoms with Gasteiger partial charge in [-0.15, -0.1) is 0 Å². The molecule has 164 valence electrons. The fourth-order valence-electron chi connectivity index (χ4n) is 2.73. The van der Waals surface area contributed by atoms with Gasteiger partial charge < -0.3 is 20.1 Å². The molecule has 0 bridgehead atoms. The van der Waals surface area contributed by atoms with Gasteiger partial charge in [-0.1, -0.05) is 24.3 Å². The highest BCUT2D eigenvalue weighted by molar-refractivity contribution is 5.92. The van der Waals surface area contributed by atoms with Crippen LogP contribution in [0.1, 0.15) is 22.5 Å². The number of carbonyl (C=O) groups is 1. The highest BCUT2D eigenvalue weighted by Crippen LogP contribution is 2.18. The Bertz CT molecular complexity index is 1250. The Morgan fingerprint density at radius 3 is 2.53 bits per heavy atom. The van der Waals surface area contributed by atoms with Crippen LogP contribution in [0.25, 0.3) is 12.2 Å². The maximum atomic E-state index is 12.1. The maximum Gasteiger partial charge on any atom is 0.395 e. The fourth-order valence-corrected chi connectivity index (χ4v) is 2.73. The fraction of sp³-hybridized carbons (Fsp3) is 0.136. The predicted molar refractivity (Wildman–Crippen MR) is 119 cm³/mol. The third-order valence-corrected chi connectivity index (χ3v) is 4.55. The summed E-state index contributed by atoms with van der Waals surface area (Å²) in [6.07, 6.45) is 2.97. The molecule has 0 aliphatic carbocycles. The summed E-state index contributed by atoms with van der Waals surface area (Å²) in [5.74, 6) is -0.801. The topological polar surface area (TPSA) is 147 Å². The second kappa shape index (κ2) is 9.56. The number of aryl methyl sites for hydroxylation is 2. The third-order valence-electron chi connectivity index (χ3n) is 4.55. The van der Waals surface area contributed by atoms with Crippen molar-refractivity contribution in [2.45, 2.75) is 13.8 Å². The number of nitro groups is 1. The number of aromatic amines is 1. The number of amides is 1. The van der Waals surface area contributed by atoms with Crippen molar-refractivity contribution in [2.24, 2.45) is 0 Å². The van der Waals surface area contributed by atoms with E-state index in [1.165, 1.54) is 6.08 Å². The van der Waals surface area contributed by atoms with Gasteiger partial charge in [-0.3, -0.25) is 19.7 Å². The van der Waals surface area contributed by atoms with Crippen LogP contribution in [-0.2, 0) is 4.79 Å². The molecule has 0 atom stereocenters. The molecule has 1 amide bonds. The lowest BCUT2D eigenvalue weighted by atomic mass is 10.1. The molecule has 0 aliphatic heterocycles. The highest BCUT2D eigenvalue weighted by Gasteiger charge is 2.21. The Labute approximate surface area is 182 Å². The normalized spacial score (nSPS) is 10.8. The smallest absolute Gasteiger partial charge is 0.395 e. The quantitative estimate of drug-likeness (QED) is 0.380. The number of nitrogens with one attached hydrogen (secondary N) is 2. The maximum absolute atomic E-state index is 12.1. The van der Waals surface area contributed by atoms with E-state index in [1.54, 1.807) is 30.3 Å². The molecule has 0 spiro atoms. The zero-order valence-corrected chi connectivity index (χ0v) is 17.3. The first-order chi connectivity index (χ1) is 15.2. The predicted octanol–water partition coefficient (Wildman–Crippen LogP) is 3.19. The first-order valence-corrected chi connectivity index (χ1v) is 9.48. The van der Waals surface area contributed by atoms with E-state index in [4.69, 9.17) is 4.74 Å². The number of carbonyl (C=O) groups excluding carboxylic acids is 1. The number of hydrogen-bond acceptors (Lipinski definition) is 7. The minimum Gasteiger partial charge on any atom is -0.488 e. The van der Waals surface area contributed by atoms with Gasteiger partial charge >= 0.3 is 11.2 Å². The largest absolute Gasteiger partial charge is 0.488 e. The number of anilines is 1.